The minimum Gasteiger partial charge on any atom is -0.369 e. The smallest absolute Gasteiger partial charge is 0.0984 e. The van der Waals surface area contributed by atoms with Crippen molar-refractivity contribution in [2.75, 3.05) is 40.5 Å². The second kappa shape index (κ2) is 5.69. The summed E-state index contributed by atoms with van der Waals surface area (Å²) in [6.07, 6.45) is 1.35. The molecule has 1 heterocycles. The van der Waals surface area contributed by atoms with Crippen LogP contribution >= 0.6 is 0 Å². The van der Waals surface area contributed by atoms with E-state index in [1.54, 1.807) is 7.11 Å². The van der Waals surface area contributed by atoms with Crippen molar-refractivity contribution in [2.24, 2.45) is 5.92 Å². The van der Waals surface area contributed by atoms with Crippen LogP contribution in [-0.2, 0) is 4.74 Å². The molecule has 3 heteroatoms. The molecule has 0 spiro atoms. The zero-order chi connectivity index (χ0) is 10.6. The normalized spacial score (nSPS) is 23.1. The molecule has 0 aliphatic carbocycles. The largest absolute Gasteiger partial charge is 0.369 e. The van der Waals surface area contributed by atoms with Crippen molar-refractivity contribution in [3.8, 4) is 0 Å². The number of likely N-dealkylation sites (tertiary alicyclic amines) is 1. The van der Waals surface area contributed by atoms with Crippen molar-refractivity contribution >= 4 is 0 Å². The van der Waals surface area contributed by atoms with E-state index in [2.05, 4.69) is 30.7 Å². The Kier molecular flexibility index (Phi) is 4.85. The number of methoxy groups -OCH3 is 1. The first-order chi connectivity index (χ1) is 6.63. The van der Waals surface area contributed by atoms with Crippen LogP contribution in [0.15, 0.2) is 0 Å². The predicted octanol–water partition coefficient (Wildman–Crippen LogP) is 1.25. The van der Waals surface area contributed by atoms with Crippen LogP contribution in [0.4, 0.5) is 0 Å². The zero-order valence-electron chi connectivity index (χ0n) is 9.99. The Bertz CT molecular complexity index is 161. The molecule has 0 radical (unpaired) electrons. The van der Waals surface area contributed by atoms with Crippen molar-refractivity contribution in [3.05, 3.63) is 0 Å². The van der Waals surface area contributed by atoms with Crippen LogP contribution in [0.1, 0.15) is 20.3 Å². The Morgan fingerprint density at radius 2 is 2.21 bits per heavy atom. The van der Waals surface area contributed by atoms with E-state index >= 15 is 0 Å². The SMILES string of the molecule is COCN(C)CC1CCN1CC(C)C. The third-order valence-electron chi connectivity index (χ3n) is 2.74. The fourth-order valence-corrected chi connectivity index (χ4v) is 2.04. The number of hydrogen-bond acceptors (Lipinski definition) is 3. The van der Waals surface area contributed by atoms with E-state index < -0.39 is 0 Å². The average Bonchev–Trinajstić information content (AvgIpc) is 2.09. The molecule has 1 saturated heterocycles. The Balaban J connectivity index is 2.18. The molecule has 1 fully saturated rings. The second-order valence-electron chi connectivity index (χ2n) is 4.79. The lowest BCUT2D eigenvalue weighted by Gasteiger charge is -2.43. The quantitative estimate of drug-likeness (QED) is 0.600. The van der Waals surface area contributed by atoms with E-state index in [1.165, 1.54) is 19.5 Å². The van der Waals surface area contributed by atoms with Crippen molar-refractivity contribution < 1.29 is 4.74 Å². The van der Waals surface area contributed by atoms with E-state index in [9.17, 15) is 0 Å². The highest BCUT2D eigenvalue weighted by atomic mass is 16.5. The summed E-state index contributed by atoms with van der Waals surface area (Å²) >= 11 is 0. The standard InChI is InChI=1S/C11H24N2O/c1-10(2)7-13-6-5-11(13)8-12(3)9-14-4/h10-11H,5-9H2,1-4H3. The maximum Gasteiger partial charge on any atom is 0.0984 e. The third-order valence-corrected chi connectivity index (χ3v) is 2.74. The van der Waals surface area contributed by atoms with Gasteiger partial charge in [-0.2, -0.15) is 0 Å². The lowest BCUT2D eigenvalue weighted by molar-refractivity contribution is 0.0155. The van der Waals surface area contributed by atoms with Gasteiger partial charge >= 0.3 is 0 Å². The van der Waals surface area contributed by atoms with Crippen LogP contribution < -0.4 is 0 Å². The van der Waals surface area contributed by atoms with Crippen LogP contribution in [0.25, 0.3) is 0 Å². The first kappa shape index (κ1) is 12.0. The first-order valence-corrected chi connectivity index (χ1v) is 5.55. The van der Waals surface area contributed by atoms with Crippen molar-refractivity contribution in [1.82, 2.24) is 9.80 Å². The Morgan fingerprint density at radius 3 is 2.64 bits per heavy atom. The molecule has 0 bridgehead atoms. The van der Waals surface area contributed by atoms with Gasteiger partial charge in [-0.05, 0) is 19.4 Å². The van der Waals surface area contributed by atoms with Crippen LogP contribution in [0.3, 0.4) is 0 Å². The molecule has 0 N–H and O–H groups in total. The van der Waals surface area contributed by atoms with E-state index in [4.69, 9.17) is 4.74 Å². The molecule has 1 aliphatic rings. The maximum atomic E-state index is 5.10. The Hall–Kier alpha value is -0.120. The molecule has 14 heavy (non-hydrogen) atoms. The maximum absolute atomic E-state index is 5.10. The van der Waals surface area contributed by atoms with E-state index in [-0.39, 0.29) is 0 Å². The molecule has 0 amide bonds. The number of ether oxygens (including phenoxy) is 1. The summed E-state index contributed by atoms with van der Waals surface area (Å²) in [6.45, 7) is 8.98. The van der Waals surface area contributed by atoms with E-state index in [1.807, 2.05) is 0 Å². The summed E-state index contributed by atoms with van der Waals surface area (Å²) < 4.78 is 5.10. The van der Waals surface area contributed by atoms with Crippen LogP contribution in [0.5, 0.6) is 0 Å². The van der Waals surface area contributed by atoms with Gasteiger partial charge in [-0.25, -0.2) is 0 Å². The number of rotatable bonds is 6. The zero-order valence-corrected chi connectivity index (χ0v) is 9.99. The molecule has 3 nitrogen and oxygen atoms in total. The molecular formula is C11H24N2O. The highest BCUT2D eigenvalue weighted by Gasteiger charge is 2.28. The highest BCUT2D eigenvalue weighted by molar-refractivity contribution is 4.84. The molecule has 84 valence electrons. The minimum atomic E-state index is 0.742. The average molecular weight is 200 g/mol. The van der Waals surface area contributed by atoms with E-state index in [0.29, 0.717) is 0 Å². The predicted molar refractivity (Wildman–Crippen MR) is 59.3 cm³/mol. The van der Waals surface area contributed by atoms with Crippen molar-refractivity contribution in [3.63, 3.8) is 0 Å². The van der Waals surface area contributed by atoms with Gasteiger partial charge in [0.05, 0.1) is 6.73 Å². The lowest BCUT2D eigenvalue weighted by Crippen LogP contribution is -2.54. The summed E-state index contributed by atoms with van der Waals surface area (Å²) in [6, 6.07) is 0.762. The van der Waals surface area contributed by atoms with Crippen molar-refractivity contribution in [1.29, 1.82) is 0 Å². The lowest BCUT2D eigenvalue weighted by atomic mass is 10.0. The molecule has 0 aromatic heterocycles. The minimum absolute atomic E-state index is 0.742. The first-order valence-electron chi connectivity index (χ1n) is 5.55. The van der Waals surface area contributed by atoms with Gasteiger partial charge in [0.15, 0.2) is 0 Å². The molecular weight excluding hydrogens is 176 g/mol. The van der Waals surface area contributed by atoms with Gasteiger partial charge in [0.1, 0.15) is 0 Å². The second-order valence-corrected chi connectivity index (χ2v) is 4.79. The molecule has 1 atom stereocenters. The summed E-state index contributed by atoms with van der Waals surface area (Å²) in [7, 11) is 3.87. The van der Waals surface area contributed by atoms with Crippen molar-refractivity contribution in [2.45, 2.75) is 26.3 Å². The summed E-state index contributed by atoms with van der Waals surface area (Å²) in [5.41, 5.74) is 0. The summed E-state index contributed by atoms with van der Waals surface area (Å²) in [4.78, 5) is 4.83. The van der Waals surface area contributed by atoms with Gasteiger partial charge in [-0.1, -0.05) is 13.8 Å². The molecule has 1 rings (SSSR count). The molecule has 1 aliphatic heterocycles. The van der Waals surface area contributed by atoms with Crippen LogP contribution in [-0.4, -0.2) is 56.4 Å². The van der Waals surface area contributed by atoms with Gasteiger partial charge in [0.25, 0.3) is 0 Å². The fourth-order valence-electron chi connectivity index (χ4n) is 2.04. The third kappa shape index (κ3) is 3.56. The number of nitrogens with zero attached hydrogens (tertiary/aromatic N) is 2. The number of hydrogen-bond donors (Lipinski definition) is 0. The number of likely N-dealkylation sites (N-methyl/N-ethyl adjacent to an activating group) is 1. The molecule has 0 aromatic carbocycles. The molecule has 1 unspecified atom stereocenters. The monoisotopic (exact) mass is 200 g/mol. The molecule has 0 saturated carbocycles. The summed E-state index contributed by atoms with van der Waals surface area (Å²) in [5, 5.41) is 0. The van der Waals surface area contributed by atoms with Gasteiger partial charge in [0.2, 0.25) is 0 Å². The van der Waals surface area contributed by atoms with E-state index in [0.717, 1.165) is 25.2 Å². The van der Waals surface area contributed by atoms with Gasteiger partial charge in [-0.3, -0.25) is 9.80 Å². The Morgan fingerprint density at radius 1 is 1.50 bits per heavy atom. The van der Waals surface area contributed by atoms with Gasteiger partial charge in [-0.15, -0.1) is 0 Å². The van der Waals surface area contributed by atoms with Crippen LogP contribution in [0, 0.1) is 5.92 Å². The van der Waals surface area contributed by atoms with Gasteiger partial charge < -0.3 is 4.74 Å². The molecule has 0 aromatic rings. The fraction of sp³-hybridized carbons (Fsp3) is 1.00. The van der Waals surface area contributed by atoms with Gasteiger partial charge in [0, 0.05) is 32.8 Å². The highest BCUT2D eigenvalue weighted by Crippen LogP contribution is 2.19. The summed E-state index contributed by atoms with van der Waals surface area (Å²) in [5.74, 6) is 0.783. The van der Waals surface area contributed by atoms with Crippen LogP contribution in [0.2, 0.25) is 0 Å². The topological polar surface area (TPSA) is 15.7 Å². The Labute approximate surface area is 88.0 Å².